The minimum atomic E-state index is -0.893. The molecule has 1 fully saturated rings. The van der Waals surface area contributed by atoms with Crippen molar-refractivity contribution in [3.63, 3.8) is 0 Å². The van der Waals surface area contributed by atoms with Crippen molar-refractivity contribution in [2.24, 2.45) is 0 Å². The van der Waals surface area contributed by atoms with E-state index in [4.69, 9.17) is 9.47 Å². The Morgan fingerprint density at radius 2 is 2.45 bits per heavy atom. The van der Waals surface area contributed by atoms with E-state index in [9.17, 15) is 9.00 Å². The number of ether oxygens (including phenoxy) is 2. The van der Waals surface area contributed by atoms with Crippen LogP contribution in [0.4, 0.5) is 0 Å². The normalized spacial score (nSPS) is 33.5. The van der Waals surface area contributed by atoms with Crippen LogP contribution >= 0.6 is 0 Å². The van der Waals surface area contributed by atoms with E-state index >= 15 is 0 Å². The van der Waals surface area contributed by atoms with Gasteiger partial charge < -0.3 is 9.47 Å². The summed E-state index contributed by atoms with van der Waals surface area (Å²) in [6.45, 7) is 0.364. The molecule has 4 nitrogen and oxygen atoms in total. The van der Waals surface area contributed by atoms with Crippen LogP contribution in [0.15, 0.2) is 0 Å². The summed E-state index contributed by atoms with van der Waals surface area (Å²) in [6, 6.07) is 0. The zero-order valence-corrected chi connectivity index (χ0v) is 7.00. The molecule has 0 aromatic carbocycles. The molecule has 0 radical (unpaired) electrons. The Bertz CT molecular complexity index is 170. The first-order valence-corrected chi connectivity index (χ1v) is 4.97. The minimum absolute atomic E-state index is 0.184. The van der Waals surface area contributed by atoms with Crippen LogP contribution in [-0.2, 0) is 25.1 Å². The molecule has 0 amide bonds. The van der Waals surface area contributed by atoms with Gasteiger partial charge in [-0.1, -0.05) is 0 Å². The van der Waals surface area contributed by atoms with E-state index in [-0.39, 0.29) is 6.10 Å². The first-order valence-electron chi connectivity index (χ1n) is 3.24. The summed E-state index contributed by atoms with van der Waals surface area (Å²) in [6.07, 6.45) is 1.26. The molecule has 0 saturated carbocycles. The van der Waals surface area contributed by atoms with E-state index in [2.05, 4.69) is 0 Å². The van der Waals surface area contributed by atoms with Gasteiger partial charge in [0.1, 0.15) is 0 Å². The van der Waals surface area contributed by atoms with Crippen LogP contribution in [0.3, 0.4) is 0 Å². The molecule has 0 bridgehead atoms. The fourth-order valence-corrected chi connectivity index (χ4v) is 1.59. The summed E-state index contributed by atoms with van der Waals surface area (Å²) in [5.41, 5.74) is 0. The second-order valence-electron chi connectivity index (χ2n) is 2.34. The van der Waals surface area contributed by atoms with Gasteiger partial charge in [-0.05, 0) is 0 Å². The molecule has 0 aromatic heterocycles. The maximum absolute atomic E-state index is 10.7. The van der Waals surface area contributed by atoms with Gasteiger partial charge in [0.25, 0.3) is 0 Å². The molecular weight excluding hydrogens is 168 g/mol. The highest BCUT2D eigenvalue weighted by atomic mass is 32.2. The van der Waals surface area contributed by atoms with Crippen molar-refractivity contribution in [3.05, 3.63) is 0 Å². The Labute approximate surface area is 67.3 Å². The SMILES string of the molecule is CS(=O)CC1COC(C=O)O1. The molecule has 1 heterocycles. The zero-order valence-electron chi connectivity index (χ0n) is 6.19. The molecular formula is C6H10O4S. The first kappa shape index (κ1) is 8.83. The van der Waals surface area contributed by atoms with E-state index in [1.165, 1.54) is 0 Å². The third kappa shape index (κ3) is 2.69. The van der Waals surface area contributed by atoms with Crippen molar-refractivity contribution in [1.29, 1.82) is 0 Å². The number of rotatable bonds is 3. The lowest BCUT2D eigenvalue weighted by Gasteiger charge is -2.04. The predicted octanol–water partition coefficient (Wildman–Crippen LogP) is -0.695. The molecule has 64 valence electrons. The second-order valence-corrected chi connectivity index (χ2v) is 3.82. The number of hydrogen-bond donors (Lipinski definition) is 0. The number of hydrogen-bond acceptors (Lipinski definition) is 4. The van der Waals surface area contributed by atoms with Gasteiger partial charge in [-0.25, -0.2) is 0 Å². The lowest BCUT2D eigenvalue weighted by molar-refractivity contribution is -0.132. The highest BCUT2D eigenvalue weighted by molar-refractivity contribution is 7.84. The molecule has 0 spiro atoms. The molecule has 5 heteroatoms. The molecule has 3 atom stereocenters. The van der Waals surface area contributed by atoms with Crippen LogP contribution in [0.5, 0.6) is 0 Å². The molecule has 1 rings (SSSR count). The van der Waals surface area contributed by atoms with Crippen molar-refractivity contribution in [1.82, 2.24) is 0 Å². The fourth-order valence-electron chi connectivity index (χ4n) is 0.891. The average molecular weight is 178 g/mol. The van der Waals surface area contributed by atoms with Crippen molar-refractivity contribution < 1.29 is 18.5 Å². The molecule has 1 aliphatic rings. The Kier molecular flexibility index (Phi) is 3.16. The van der Waals surface area contributed by atoms with Gasteiger partial charge in [-0.15, -0.1) is 0 Å². The summed E-state index contributed by atoms with van der Waals surface area (Å²) < 4.78 is 20.6. The Morgan fingerprint density at radius 3 is 2.91 bits per heavy atom. The van der Waals surface area contributed by atoms with Crippen molar-refractivity contribution in [2.75, 3.05) is 18.6 Å². The van der Waals surface area contributed by atoms with Gasteiger partial charge >= 0.3 is 0 Å². The number of carbonyl (C=O) groups is 1. The molecule has 3 unspecified atom stereocenters. The van der Waals surface area contributed by atoms with Gasteiger partial charge in [0.15, 0.2) is 6.29 Å². The Morgan fingerprint density at radius 1 is 1.73 bits per heavy atom. The smallest absolute Gasteiger partial charge is 0.215 e. The van der Waals surface area contributed by atoms with Gasteiger partial charge in [-0.2, -0.15) is 0 Å². The lowest BCUT2D eigenvalue weighted by Crippen LogP contribution is -2.19. The van der Waals surface area contributed by atoms with Crippen LogP contribution in [-0.4, -0.2) is 41.5 Å². The highest BCUT2D eigenvalue weighted by Gasteiger charge is 2.25. The molecule has 1 aliphatic heterocycles. The second kappa shape index (κ2) is 3.94. The van der Waals surface area contributed by atoms with Gasteiger partial charge in [-0.3, -0.25) is 9.00 Å². The zero-order chi connectivity index (χ0) is 8.27. The number of carbonyl (C=O) groups excluding carboxylic acids is 1. The fraction of sp³-hybridized carbons (Fsp3) is 0.833. The van der Waals surface area contributed by atoms with Crippen molar-refractivity contribution >= 4 is 17.1 Å². The largest absolute Gasteiger partial charge is 0.343 e. The standard InChI is InChI=1S/C6H10O4S/c1-11(8)4-5-3-9-6(2-7)10-5/h2,5-6H,3-4H2,1H3. The van der Waals surface area contributed by atoms with E-state index in [0.717, 1.165) is 0 Å². The third-order valence-corrected chi connectivity index (χ3v) is 2.15. The van der Waals surface area contributed by atoms with E-state index in [1.807, 2.05) is 0 Å². The van der Waals surface area contributed by atoms with Gasteiger partial charge in [0.2, 0.25) is 6.29 Å². The minimum Gasteiger partial charge on any atom is -0.343 e. The summed E-state index contributed by atoms with van der Waals surface area (Å²) in [5.74, 6) is 0.435. The quantitative estimate of drug-likeness (QED) is 0.536. The van der Waals surface area contributed by atoms with Crippen LogP contribution in [0.2, 0.25) is 0 Å². The van der Waals surface area contributed by atoms with Crippen LogP contribution in [0.25, 0.3) is 0 Å². The average Bonchev–Trinajstić information content (AvgIpc) is 2.34. The van der Waals surface area contributed by atoms with Crippen molar-refractivity contribution in [3.8, 4) is 0 Å². The van der Waals surface area contributed by atoms with Crippen LogP contribution in [0, 0.1) is 0 Å². The summed E-state index contributed by atoms with van der Waals surface area (Å²) in [7, 11) is -0.893. The summed E-state index contributed by atoms with van der Waals surface area (Å²) >= 11 is 0. The first-order chi connectivity index (χ1) is 5.22. The predicted molar refractivity (Wildman–Crippen MR) is 39.6 cm³/mol. The van der Waals surface area contributed by atoms with Crippen LogP contribution in [0.1, 0.15) is 0 Å². The summed E-state index contributed by atoms with van der Waals surface area (Å²) in [4.78, 5) is 10.1. The molecule has 0 N–H and O–H groups in total. The summed E-state index contributed by atoms with van der Waals surface area (Å²) in [5, 5.41) is 0. The Balaban J connectivity index is 2.29. The molecule has 0 aromatic rings. The van der Waals surface area contributed by atoms with Crippen molar-refractivity contribution in [2.45, 2.75) is 12.4 Å². The monoisotopic (exact) mass is 178 g/mol. The maximum atomic E-state index is 10.7. The maximum Gasteiger partial charge on any atom is 0.215 e. The third-order valence-electron chi connectivity index (χ3n) is 1.30. The lowest BCUT2D eigenvalue weighted by atomic mass is 10.4. The number of aldehydes is 1. The molecule has 11 heavy (non-hydrogen) atoms. The van der Waals surface area contributed by atoms with E-state index in [1.54, 1.807) is 6.26 Å². The van der Waals surface area contributed by atoms with Gasteiger partial charge in [0.05, 0.1) is 18.5 Å². The van der Waals surface area contributed by atoms with E-state index < -0.39 is 17.1 Å². The van der Waals surface area contributed by atoms with Gasteiger partial charge in [0, 0.05) is 17.1 Å². The van der Waals surface area contributed by atoms with Crippen LogP contribution < -0.4 is 0 Å². The molecule has 0 aliphatic carbocycles. The molecule has 1 saturated heterocycles. The van der Waals surface area contributed by atoms with E-state index in [0.29, 0.717) is 18.6 Å². The Hall–Kier alpha value is -0.260. The highest BCUT2D eigenvalue weighted by Crippen LogP contribution is 2.09. The topological polar surface area (TPSA) is 52.6 Å².